The lowest BCUT2D eigenvalue weighted by Gasteiger charge is -2.13. The quantitative estimate of drug-likeness (QED) is 0.728. The van der Waals surface area contributed by atoms with E-state index in [-0.39, 0.29) is 23.8 Å². The molecule has 0 aliphatic carbocycles. The molecular formula is C18H23NO5S. The zero-order chi connectivity index (χ0) is 18.4. The average Bonchev–Trinajstić information content (AvgIpc) is 2.57. The van der Waals surface area contributed by atoms with E-state index in [1.54, 1.807) is 12.1 Å². The number of benzene rings is 2. The third-order valence-electron chi connectivity index (χ3n) is 3.52. The third-order valence-corrected chi connectivity index (χ3v) is 5.00. The number of methoxy groups -OCH3 is 2. The molecule has 136 valence electrons. The van der Waals surface area contributed by atoms with Gasteiger partial charge in [-0.15, -0.1) is 0 Å². The maximum absolute atomic E-state index is 12.5. The third kappa shape index (κ3) is 5.11. The predicted molar refractivity (Wildman–Crippen MR) is 96.1 cm³/mol. The molecule has 0 aliphatic rings. The number of nitrogens with one attached hydrogen (secondary N) is 1. The molecule has 6 nitrogen and oxygen atoms in total. The Labute approximate surface area is 148 Å². The maximum Gasteiger partial charge on any atom is 0.244 e. The van der Waals surface area contributed by atoms with E-state index in [1.165, 1.54) is 20.3 Å². The highest BCUT2D eigenvalue weighted by Gasteiger charge is 2.20. The molecule has 7 heteroatoms. The summed E-state index contributed by atoms with van der Waals surface area (Å²) in [4.78, 5) is 0.0285. The van der Waals surface area contributed by atoms with Crippen LogP contribution in [0.4, 0.5) is 0 Å². The van der Waals surface area contributed by atoms with E-state index in [1.807, 2.05) is 32.0 Å². The monoisotopic (exact) mass is 365 g/mol. The van der Waals surface area contributed by atoms with E-state index in [4.69, 9.17) is 14.2 Å². The number of aryl methyl sites for hydroxylation is 2. The summed E-state index contributed by atoms with van der Waals surface area (Å²) >= 11 is 0. The lowest BCUT2D eigenvalue weighted by Crippen LogP contribution is -2.28. The number of rotatable bonds is 8. The van der Waals surface area contributed by atoms with E-state index in [2.05, 4.69) is 4.72 Å². The number of sulfonamides is 1. The van der Waals surface area contributed by atoms with Gasteiger partial charge in [0.05, 0.1) is 14.2 Å². The highest BCUT2D eigenvalue weighted by Crippen LogP contribution is 2.27. The van der Waals surface area contributed by atoms with Crippen molar-refractivity contribution in [3.05, 3.63) is 47.5 Å². The molecule has 0 radical (unpaired) electrons. The predicted octanol–water partition coefficient (Wildman–Crippen LogP) is 2.68. The normalized spacial score (nSPS) is 11.2. The van der Waals surface area contributed by atoms with E-state index in [0.29, 0.717) is 5.75 Å². The van der Waals surface area contributed by atoms with Gasteiger partial charge in [0.1, 0.15) is 28.8 Å². The standard InChI is InChI=1S/C18H23NO5S/c1-13-9-14(2)11-16(10-13)24-8-7-19-25(20,21)18-12-15(22-3)5-6-17(18)23-4/h5-6,9-12,19H,7-8H2,1-4H3. The fourth-order valence-corrected chi connectivity index (χ4v) is 3.63. The van der Waals surface area contributed by atoms with Crippen molar-refractivity contribution < 1.29 is 22.6 Å². The Hall–Kier alpha value is -2.25. The summed E-state index contributed by atoms with van der Waals surface area (Å²) < 4.78 is 43.3. The highest BCUT2D eigenvalue weighted by molar-refractivity contribution is 7.89. The molecule has 0 saturated heterocycles. The molecule has 1 N–H and O–H groups in total. The van der Waals surface area contributed by atoms with Crippen LogP contribution in [-0.2, 0) is 10.0 Å². The summed E-state index contributed by atoms with van der Waals surface area (Å²) in [5.74, 6) is 1.41. The molecule has 2 aromatic rings. The molecule has 25 heavy (non-hydrogen) atoms. The number of ether oxygens (including phenoxy) is 3. The first-order chi connectivity index (χ1) is 11.9. The second kappa shape index (κ2) is 8.22. The van der Waals surface area contributed by atoms with Gasteiger partial charge >= 0.3 is 0 Å². The van der Waals surface area contributed by atoms with Crippen LogP contribution in [0.1, 0.15) is 11.1 Å². The second-order valence-electron chi connectivity index (χ2n) is 5.59. The van der Waals surface area contributed by atoms with E-state index in [9.17, 15) is 8.42 Å². The van der Waals surface area contributed by atoms with Crippen molar-refractivity contribution in [3.63, 3.8) is 0 Å². The van der Waals surface area contributed by atoms with Gasteiger partial charge < -0.3 is 14.2 Å². The molecule has 0 fully saturated rings. The molecule has 0 saturated carbocycles. The lowest BCUT2D eigenvalue weighted by atomic mass is 10.1. The van der Waals surface area contributed by atoms with Gasteiger partial charge in [-0.05, 0) is 49.2 Å². The van der Waals surface area contributed by atoms with Crippen LogP contribution in [0.5, 0.6) is 17.2 Å². The van der Waals surface area contributed by atoms with E-state index >= 15 is 0 Å². The fraction of sp³-hybridized carbons (Fsp3) is 0.333. The molecule has 0 aromatic heterocycles. The summed E-state index contributed by atoms with van der Waals surface area (Å²) in [5, 5.41) is 0. The molecular weight excluding hydrogens is 342 g/mol. The van der Waals surface area contributed by atoms with Crippen molar-refractivity contribution in [2.24, 2.45) is 0 Å². The Bertz CT molecular complexity index is 813. The van der Waals surface area contributed by atoms with Gasteiger partial charge in [-0.3, -0.25) is 0 Å². The van der Waals surface area contributed by atoms with Crippen LogP contribution < -0.4 is 18.9 Å². The van der Waals surface area contributed by atoms with Crippen LogP contribution in [-0.4, -0.2) is 35.8 Å². The maximum atomic E-state index is 12.5. The van der Waals surface area contributed by atoms with Gasteiger partial charge in [-0.2, -0.15) is 0 Å². The van der Waals surface area contributed by atoms with Gasteiger partial charge in [0.15, 0.2) is 0 Å². The Kier molecular flexibility index (Phi) is 6.27. The minimum absolute atomic E-state index is 0.0285. The van der Waals surface area contributed by atoms with Crippen LogP contribution in [0, 0.1) is 13.8 Å². The topological polar surface area (TPSA) is 73.9 Å². The molecule has 2 rings (SSSR count). The molecule has 0 unspecified atom stereocenters. The largest absolute Gasteiger partial charge is 0.497 e. The SMILES string of the molecule is COc1ccc(OC)c(S(=O)(=O)NCCOc2cc(C)cc(C)c2)c1. The van der Waals surface area contributed by atoms with Crippen molar-refractivity contribution >= 4 is 10.0 Å². The first kappa shape index (κ1) is 19.1. The summed E-state index contributed by atoms with van der Waals surface area (Å²) in [6, 6.07) is 10.5. The summed E-state index contributed by atoms with van der Waals surface area (Å²) in [6.07, 6.45) is 0. The van der Waals surface area contributed by atoms with Crippen molar-refractivity contribution in [3.8, 4) is 17.2 Å². The second-order valence-corrected chi connectivity index (χ2v) is 7.32. The molecule has 0 bridgehead atoms. The Morgan fingerprint density at radius 1 is 0.920 bits per heavy atom. The van der Waals surface area contributed by atoms with Crippen LogP contribution >= 0.6 is 0 Å². The molecule has 0 aliphatic heterocycles. The summed E-state index contributed by atoms with van der Waals surface area (Å²) in [6.45, 7) is 4.32. The van der Waals surface area contributed by atoms with Crippen molar-refractivity contribution in [1.29, 1.82) is 0 Å². The summed E-state index contributed by atoms with van der Waals surface area (Å²) in [5.41, 5.74) is 2.19. The smallest absolute Gasteiger partial charge is 0.244 e. The molecule has 0 atom stereocenters. The number of hydrogen-bond acceptors (Lipinski definition) is 5. The van der Waals surface area contributed by atoms with Gasteiger partial charge in [-0.25, -0.2) is 13.1 Å². The van der Waals surface area contributed by atoms with E-state index < -0.39 is 10.0 Å². The molecule has 2 aromatic carbocycles. The Morgan fingerprint density at radius 3 is 2.20 bits per heavy atom. The van der Waals surface area contributed by atoms with Gasteiger partial charge in [-0.1, -0.05) is 6.07 Å². The molecule has 0 amide bonds. The van der Waals surface area contributed by atoms with Gasteiger partial charge in [0, 0.05) is 12.6 Å². The highest BCUT2D eigenvalue weighted by atomic mass is 32.2. The summed E-state index contributed by atoms with van der Waals surface area (Å²) in [7, 11) is -0.845. The molecule has 0 heterocycles. The van der Waals surface area contributed by atoms with Crippen LogP contribution in [0.2, 0.25) is 0 Å². The lowest BCUT2D eigenvalue weighted by molar-refractivity contribution is 0.322. The first-order valence-electron chi connectivity index (χ1n) is 7.78. The van der Waals surface area contributed by atoms with Crippen molar-refractivity contribution in [2.75, 3.05) is 27.4 Å². The van der Waals surface area contributed by atoms with Crippen LogP contribution in [0.25, 0.3) is 0 Å². The first-order valence-corrected chi connectivity index (χ1v) is 9.27. The minimum Gasteiger partial charge on any atom is -0.497 e. The van der Waals surface area contributed by atoms with Gasteiger partial charge in [0.25, 0.3) is 0 Å². The fourth-order valence-electron chi connectivity index (χ4n) is 2.43. The van der Waals surface area contributed by atoms with Gasteiger partial charge in [0.2, 0.25) is 10.0 Å². The minimum atomic E-state index is -3.74. The molecule has 0 spiro atoms. The van der Waals surface area contributed by atoms with Crippen LogP contribution in [0.3, 0.4) is 0 Å². The van der Waals surface area contributed by atoms with Crippen LogP contribution in [0.15, 0.2) is 41.3 Å². The van der Waals surface area contributed by atoms with Crippen molar-refractivity contribution in [1.82, 2.24) is 4.72 Å². The zero-order valence-corrected chi connectivity index (χ0v) is 15.6. The Morgan fingerprint density at radius 2 is 1.60 bits per heavy atom. The zero-order valence-electron chi connectivity index (χ0n) is 14.8. The van der Waals surface area contributed by atoms with E-state index in [0.717, 1.165) is 16.9 Å². The average molecular weight is 365 g/mol. The Balaban J connectivity index is 2.02. The van der Waals surface area contributed by atoms with Crippen molar-refractivity contribution in [2.45, 2.75) is 18.7 Å². The number of hydrogen-bond donors (Lipinski definition) is 1.